The van der Waals surface area contributed by atoms with Crippen LogP contribution in [0.15, 0.2) is 16.5 Å². The third kappa shape index (κ3) is 3.36. The van der Waals surface area contributed by atoms with E-state index in [1.165, 1.54) is 10.4 Å². The van der Waals surface area contributed by atoms with E-state index in [1.807, 2.05) is 11.6 Å². The summed E-state index contributed by atoms with van der Waals surface area (Å²) >= 11 is 0. The fourth-order valence-electron chi connectivity index (χ4n) is 2.03. The number of rotatable bonds is 4. The van der Waals surface area contributed by atoms with Gasteiger partial charge in [-0.15, -0.1) is 0 Å². The zero-order chi connectivity index (χ0) is 13.9. The van der Waals surface area contributed by atoms with Gasteiger partial charge >= 0.3 is 16.1 Å². The Morgan fingerprint density at radius 1 is 1.32 bits per heavy atom. The van der Waals surface area contributed by atoms with E-state index >= 15 is 0 Å². The summed E-state index contributed by atoms with van der Waals surface area (Å²) in [6.07, 6.45) is 3.34. The van der Waals surface area contributed by atoms with Crippen LogP contribution in [0.25, 0.3) is 0 Å². The molecule has 1 amide bonds. The summed E-state index contributed by atoms with van der Waals surface area (Å²) in [5.41, 5.74) is 0. The minimum absolute atomic E-state index is 0.0254. The highest BCUT2D eigenvalue weighted by Crippen LogP contribution is 2.13. The monoisotopic (exact) mass is 286 g/mol. The largest absolute Gasteiger partial charge is 0.456 e. The first-order chi connectivity index (χ1) is 9.03. The molecule has 0 spiro atoms. The number of piperidine rings is 1. The summed E-state index contributed by atoms with van der Waals surface area (Å²) in [5.74, 6) is -0.0387. The molecule has 19 heavy (non-hydrogen) atoms. The van der Waals surface area contributed by atoms with Gasteiger partial charge in [0.25, 0.3) is 0 Å². The summed E-state index contributed by atoms with van der Waals surface area (Å²) in [6, 6.07) is 3.16. The highest BCUT2D eigenvalue weighted by atomic mass is 32.2. The number of nitrogens with zero attached hydrogens (tertiary/aromatic N) is 1. The average Bonchev–Trinajstić information content (AvgIpc) is 2.88. The van der Waals surface area contributed by atoms with Crippen molar-refractivity contribution in [2.24, 2.45) is 0 Å². The van der Waals surface area contributed by atoms with Gasteiger partial charge in [-0.1, -0.05) is 13.3 Å². The molecule has 1 aromatic rings. The number of hydrogen-bond acceptors (Lipinski definition) is 4. The molecule has 0 aliphatic carbocycles. The normalized spacial score (nSPS) is 17.3. The third-order valence-electron chi connectivity index (χ3n) is 3.11. The van der Waals surface area contributed by atoms with Crippen LogP contribution < -0.4 is 4.72 Å². The number of nitrogens with one attached hydrogen (secondary N) is 1. The highest BCUT2D eigenvalue weighted by molar-refractivity contribution is 7.87. The Kier molecular flexibility index (Phi) is 4.26. The van der Waals surface area contributed by atoms with Gasteiger partial charge in [-0.2, -0.15) is 12.7 Å². The molecule has 0 bridgehead atoms. The lowest BCUT2D eigenvalue weighted by Gasteiger charge is -2.25. The first-order valence-electron chi connectivity index (χ1n) is 6.44. The number of aryl methyl sites for hydroxylation is 1. The van der Waals surface area contributed by atoms with Crippen molar-refractivity contribution in [2.45, 2.75) is 32.6 Å². The molecule has 2 heterocycles. The summed E-state index contributed by atoms with van der Waals surface area (Å²) in [4.78, 5) is 11.8. The molecule has 1 aromatic heterocycles. The van der Waals surface area contributed by atoms with Gasteiger partial charge in [0.2, 0.25) is 0 Å². The van der Waals surface area contributed by atoms with E-state index in [0.717, 1.165) is 19.3 Å². The first-order valence-corrected chi connectivity index (χ1v) is 7.88. The van der Waals surface area contributed by atoms with Crippen LogP contribution >= 0.6 is 0 Å². The van der Waals surface area contributed by atoms with Crippen LogP contribution in [0.4, 0.5) is 0 Å². The maximum atomic E-state index is 12.0. The quantitative estimate of drug-likeness (QED) is 0.905. The van der Waals surface area contributed by atoms with E-state index in [9.17, 15) is 13.2 Å². The molecule has 0 radical (unpaired) electrons. The van der Waals surface area contributed by atoms with Gasteiger partial charge in [-0.3, -0.25) is 4.79 Å². The number of hydrogen-bond donors (Lipinski definition) is 1. The molecule has 1 aliphatic heterocycles. The van der Waals surface area contributed by atoms with Crippen LogP contribution in [0.3, 0.4) is 0 Å². The SMILES string of the molecule is CCc1ccc(C(=O)NS(=O)(=O)N2CCCCC2)o1. The second kappa shape index (κ2) is 5.75. The average molecular weight is 286 g/mol. The summed E-state index contributed by atoms with van der Waals surface area (Å²) in [6.45, 7) is 2.81. The van der Waals surface area contributed by atoms with Crippen molar-refractivity contribution in [2.75, 3.05) is 13.1 Å². The third-order valence-corrected chi connectivity index (χ3v) is 4.60. The van der Waals surface area contributed by atoms with Gasteiger partial charge < -0.3 is 4.42 Å². The maximum absolute atomic E-state index is 12.0. The van der Waals surface area contributed by atoms with Crippen LogP contribution in [-0.2, 0) is 16.6 Å². The topological polar surface area (TPSA) is 79.6 Å². The number of amides is 1. The van der Waals surface area contributed by atoms with Crippen molar-refractivity contribution < 1.29 is 17.6 Å². The Labute approximate surface area is 113 Å². The smallest absolute Gasteiger partial charge is 0.304 e. The van der Waals surface area contributed by atoms with Crippen LogP contribution in [0, 0.1) is 0 Å². The van der Waals surface area contributed by atoms with Crippen LogP contribution in [0.1, 0.15) is 42.5 Å². The standard InChI is InChI=1S/C12H18N2O4S/c1-2-10-6-7-11(18-10)12(15)13-19(16,17)14-8-4-3-5-9-14/h6-7H,2-5,8-9H2,1H3,(H,13,15). The Balaban J connectivity index is 2.04. The highest BCUT2D eigenvalue weighted by Gasteiger charge is 2.27. The molecule has 106 valence electrons. The van der Waals surface area contributed by atoms with Gasteiger partial charge in [0.05, 0.1) is 0 Å². The lowest BCUT2D eigenvalue weighted by atomic mass is 10.2. The van der Waals surface area contributed by atoms with Gasteiger partial charge in [0, 0.05) is 19.5 Å². The van der Waals surface area contributed by atoms with Gasteiger partial charge in [-0.25, -0.2) is 4.72 Å². The van der Waals surface area contributed by atoms with Crippen LogP contribution in [-0.4, -0.2) is 31.7 Å². The van der Waals surface area contributed by atoms with Crippen molar-refractivity contribution in [1.82, 2.24) is 9.03 Å². The summed E-state index contributed by atoms with van der Waals surface area (Å²) in [7, 11) is -3.75. The maximum Gasteiger partial charge on any atom is 0.304 e. The van der Waals surface area contributed by atoms with Crippen molar-refractivity contribution in [3.8, 4) is 0 Å². The number of carbonyl (C=O) groups excluding carboxylic acids is 1. The van der Waals surface area contributed by atoms with Crippen molar-refractivity contribution in [3.05, 3.63) is 23.7 Å². The van der Waals surface area contributed by atoms with Crippen molar-refractivity contribution in [3.63, 3.8) is 0 Å². The first kappa shape index (κ1) is 14.1. The molecule has 0 unspecified atom stereocenters. The van der Waals surface area contributed by atoms with Crippen molar-refractivity contribution in [1.29, 1.82) is 0 Å². The fourth-order valence-corrected chi connectivity index (χ4v) is 3.23. The number of carbonyl (C=O) groups is 1. The van der Waals surface area contributed by atoms with E-state index in [-0.39, 0.29) is 5.76 Å². The molecule has 2 rings (SSSR count). The molecule has 0 aromatic carbocycles. The van der Waals surface area contributed by atoms with Crippen LogP contribution in [0.5, 0.6) is 0 Å². The Hall–Kier alpha value is -1.34. The molecule has 0 saturated carbocycles. The van der Waals surface area contributed by atoms with E-state index in [4.69, 9.17) is 4.42 Å². The Bertz CT molecular complexity index is 544. The second-order valence-corrected chi connectivity index (χ2v) is 6.19. The number of furan rings is 1. The zero-order valence-electron chi connectivity index (χ0n) is 10.9. The van der Waals surface area contributed by atoms with E-state index in [2.05, 4.69) is 0 Å². The minimum Gasteiger partial charge on any atom is -0.456 e. The van der Waals surface area contributed by atoms with Crippen molar-refractivity contribution >= 4 is 16.1 Å². The lowest BCUT2D eigenvalue weighted by molar-refractivity contribution is 0.0950. The molecule has 7 heteroatoms. The zero-order valence-corrected chi connectivity index (χ0v) is 11.7. The molecule has 1 aliphatic rings. The second-order valence-electron chi connectivity index (χ2n) is 4.52. The fraction of sp³-hybridized carbons (Fsp3) is 0.583. The predicted octanol–water partition coefficient (Wildman–Crippen LogP) is 1.30. The molecular weight excluding hydrogens is 268 g/mol. The molecule has 1 saturated heterocycles. The molecule has 1 fully saturated rings. The Morgan fingerprint density at radius 2 is 2.00 bits per heavy atom. The van der Waals surface area contributed by atoms with Gasteiger partial charge in [-0.05, 0) is 25.0 Å². The summed E-state index contributed by atoms with van der Waals surface area (Å²) in [5, 5.41) is 0. The molecular formula is C12H18N2O4S. The summed E-state index contributed by atoms with van der Waals surface area (Å²) < 4.78 is 32.6. The van der Waals surface area contributed by atoms with Gasteiger partial charge in [0.1, 0.15) is 5.76 Å². The minimum atomic E-state index is -3.75. The van der Waals surface area contributed by atoms with Crippen LogP contribution in [0.2, 0.25) is 0 Å². The molecule has 0 atom stereocenters. The predicted molar refractivity (Wildman–Crippen MR) is 69.9 cm³/mol. The lowest BCUT2D eigenvalue weighted by Crippen LogP contribution is -2.45. The van der Waals surface area contributed by atoms with Gasteiger partial charge in [0.15, 0.2) is 5.76 Å². The van der Waals surface area contributed by atoms with E-state index in [0.29, 0.717) is 25.3 Å². The molecule has 6 nitrogen and oxygen atoms in total. The van der Waals surface area contributed by atoms with E-state index in [1.54, 1.807) is 6.07 Å². The van der Waals surface area contributed by atoms with E-state index < -0.39 is 16.1 Å². The molecule has 1 N–H and O–H groups in total. The Morgan fingerprint density at radius 3 is 2.58 bits per heavy atom.